The number of hydrogen-bond donors (Lipinski definition) is 3. The Morgan fingerprint density at radius 3 is 2.11 bits per heavy atom. The number of amides is 3. The fourth-order valence-electron chi connectivity index (χ4n) is 2.51. The lowest BCUT2D eigenvalue weighted by Crippen LogP contribution is -2.30. The zero-order chi connectivity index (χ0) is 19.2. The minimum atomic E-state index is -0.241. The number of carbonyl (C=O) groups is 2. The first kappa shape index (κ1) is 18.8. The first-order valence-electron chi connectivity index (χ1n) is 9.20. The van der Waals surface area contributed by atoms with E-state index in [1.807, 2.05) is 24.3 Å². The average Bonchev–Trinajstić information content (AvgIpc) is 3.46. The molecule has 0 unspecified atom stereocenters. The topological polar surface area (TPSA) is 79.5 Å². The van der Waals surface area contributed by atoms with Crippen LogP contribution in [0, 0.1) is 0 Å². The maximum Gasteiger partial charge on any atom is 0.319 e. The molecule has 0 aromatic heterocycles. The number of nitrogens with one attached hydrogen (secondary N) is 3. The van der Waals surface area contributed by atoms with Gasteiger partial charge < -0.3 is 20.7 Å². The Labute approximate surface area is 159 Å². The zero-order valence-corrected chi connectivity index (χ0v) is 15.6. The Bertz CT molecular complexity index is 781. The van der Waals surface area contributed by atoms with Gasteiger partial charge in [-0.2, -0.15) is 0 Å². The van der Waals surface area contributed by atoms with Crippen molar-refractivity contribution in [2.45, 2.75) is 38.6 Å². The molecule has 0 heterocycles. The number of carbonyl (C=O) groups excluding carboxylic acids is 2. The van der Waals surface area contributed by atoms with Gasteiger partial charge in [-0.3, -0.25) is 4.79 Å². The molecule has 0 radical (unpaired) electrons. The molecule has 2 aromatic rings. The largest absolute Gasteiger partial charge is 0.484 e. The van der Waals surface area contributed by atoms with Gasteiger partial charge in [-0.05, 0) is 60.7 Å². The Hall–Kier alpha value is -3.02. The highest BCUT2D eigenvalue weighted by Gasteiger charge is 2.23. The van der Waals surface area contributed by atoms with Crippen LogP contribution < -0.4 is 20.7 Å². The van der Waals surface area contributed by atoms with Gasteiger partial charge in [0, 0.05) is 17.4 Å². The van der Waals surface area contributed by atoms with Crippen molar-refractivity contribution in [2.75, 3.05) is 17.2 Å². The summed E-state index contributed by atoms with van der Waals surface area (Å²) < 4.78 is 5.52. The Balaban J connectivity index is 1.43. The van der Waals surface area contributed by atoms with Crippen LogP contribution in [-0.2, 0) is 4.79 Å². The molecule has 2 aromatic carbocycles. The van der Waals surface area contributed by atoms with E-state index in [4.69, 9.17) is 4.74 Å². The molecule has 1 aliphatic carbocycles. The average molecular weight is 367 g/mol. The zero-order valence-electron chi connectivity index (χ0n) is 15.6. The van der Waals surface area contributed by atoms with Crippen LogP contribution in [0.3, 0.4) is 0 Å². The van der Waals surface area contributed by atoms with Crippen molar-refractivity contribution in [1.29, 1.82) is 0 Å². The van der Waals surface area contributed by atoms with Gasteiger partial charge >= 0.3 is 6.03 Å². The minimum Gasteiger partial charge on any atom is -0.484 e. The molecule has 6 heteroatoms. The summed E-state index contributed by atoms with van der Waals surface area (Å²) in [5, 5.41) is 8.39. The van der Waals surface area contributed by atoms with Crippen LogP contribution >= 0.6 is 0 Å². The van der Waals surface area contributed by atoms with E-state index in [2.05, 4.69) is 29.8 Å². The van der Waals surface area contributed by atoms with Crippen LogP contribution in [0.4, 0.5) is 16.2 Å². The number of ether oxygens (including phenoxy) is 1. The maximum absolute atomic E-state index is 12.0. The number of urea groups is 1. The van der Waals surface area contributed by atoms with Crippen molar-refractivity contribution in [3.63, 3.8) is 0 Å². The standard InChI is InChI=1S/C21H25N3O3/c1-14(2)15-3-11-19(12-4-15)27-13-20(25)22-16-5-7-17(8-6-16)23-21(26)24-18-9-10-18/h3-8,11-12,14,18H,9-10,13H2,1-2H3,(H,22,25)(H2,23,24,26). The Morgan fingerprint density at radius 1 is 0.963 bits per heavy atom. The molecule has 6 nitrogen and oxygen atoms in total. The number of anilines is 2. The van der Waals surface area contributed by atoms with E-state index >= 15 is 0 Å². The minimum absolute atomic E-state index is 0.0647. The fourth-order valence-corrected chi connectivity index (χ4v) is 2.51. The molecule has 3 amide bonds. The quantitative estimate of drug-likeness (QED) is 0.689. The van der Waals surface area contributed by atoms with Crippen molar-refractivity contribution < 1.29 is 14.3 Å². The smallest absolute Gasteiger partial charge is 0.319 e. The maximum atomic E-state index is 12.0. The second-order valence-electron chi connectivity index (χ2n) is 7.01. The molecule has 3 rings (SSSR count). The second-order valence-corrected chi connectivity index (χ2v) is 7.01. The predicted octanol–water partition coefficient (Wildman–Crippen LogP) is 4.11. The molecule has 1 saturated carbocycles. The third kappa shape index (κ3) is 6.02. The summed E-state index contributed by atoms with van der Waals surface area (Å²) >= 11 is 0. The molecule has 0 aliphatic heterocycles. The van der Waals surface area contributed by atoms with Gasteiger partial charge in [0.25, 0.3) is 5.91 Å². The second kappa shape index (κ2) is 8.58. The molecule has 1 aliphatic rings. The van der Waals surface area contributed by atoms with E-state index in [1.165, 1.54) is 5.56 Å². The number of benzene rings is 2. The summed E-state index contributed by atoms with van der Waals surface area (Å²) in [5.41, 5.74) is 2.55. The van der Waals surface area contributed by atoms with Gasteiger partial charge in [0.2, 0.25) is 0 Å². The van der Waals surface area contributed by atoms with E-state index in [9.17, 15) is 9.59 Å². The summed E-state index contributed by atoms with van der Waals surface area (Å²) in [6, 6.07) is 14.8. The summed E-state index contributed by atoms with van der Waals surface area (Å²) in [6.07, 6.45) is 2.09. The molecule has 0 bridgehead atoms. The normalized spacial score (nSPS) is 13.1. The van der Waals surface area contributed by atoms with Crippen molar-refractivity contribution in [2.24, 2.45) is 0 Å². The van der Waals surface area contributed by atoms with Gasteiger partial charge in [-0.1, -0.05) is 26.0 Å². The van der Waals surface area contributed by atoms with E-state index in [0.717, 1.165) is 12.8 Å². The number of rotatable bonds is 7. The Kier molecular flexibility index (Phi) is 5.96. The van der Waals surface area contributed by atoms with E-state index in [1.54, 1.807) is 24.3 Å². The fraction of sp³-hybridized carbons (Fsp3) is 0.333. The molecule has 142 valence electrons. The summed E-state index contributed by atoms with van der Waals surface area (Å²) in [7, 11) is 0. The van der Waals surface area contributed by atoms with Crippen LogP contribution in [-0.4, -0.2) is 24.6 Å². The third-order valence-electron chi connectivity index (χ3n) is 4.26. The molecule has 3 N–H and O–H groups in total. The van der Waals surface area contributed by atoms with E-state index in [0.29, 0.717) is 29.1 Å². The lowest BCUT2D eigenvalue weighted by atomic mass is 10.0. The lowest BCUT2D eigenvalue weighted by Gasteiger charge is -2.10. The van der Waals surface area contributed by atoms with Crippen LogP contribution in [0.15, 0.2) is 48.5 Å². The molecular formula is C21H25N3O3. The van der Waals surface area contributed by atoms with Crippen molar-refractivity contribution >= 4 is 23.3 Å². The molecule has 0 atom stereocenters. The van der Waals surface area contributed by atoms with Gasteiger partial charge in [-0.25, -0.2) is 4.79 Å². The first-order valence-corrected chi connectivity index (χ1v) is 9.20. The summed E-state index contributed by atoms with van der Waals surface area (Å²) in [6.45, 7) is 4.19. The summed E-state index contributed by atoms with van der Waals surface area (Å²) in [5.74, 6) is 0.880. The molecular weight excluding hydrogens is 342 g/mol. The molecule has 0 spiro atoms. The molecule has 0 saturated heterocycles. The first-order chi connectivity index (χ1) is 13.0. The highest BCUT2D eigenvalue weighted by atomic mass is 16.5. The Morgan fingerprint density at radius 2 is 1.56 bits per heavy atom. The number of hydrogen-bond acceptors (Lipinski definition) is 3. The van der Waals surface area contributed by atoms with E-state index < -0.39 is 0 Å². The van der Waals surface area contributed by atoms with Crippen LogP contribution in [0.25, 0.3) is 0 Å². The van der Waals surface area contributed by atoms with Crippen molar-refractivity contribution in [3.8, 4) is 5.75 Å². The monoisotopic (exact) mass is 367 g/mol. The van der Waals surface area contributed by atoms with Crippen LogP contribution in [0.2, 0.25) is 0 Å². The molecule has 1 fully saturated rings. The van der Waals surface area contributed by atoms with Crippen LogP contribution in [0.1, 0.15) is 38.2 Å². The lowest BCUT2D eigenvalue weighted by molar-refractivity contribution is -0.118. The predicted molar refractivity (Wildman–Crippen MR) is 106 cm³/mol. The van der Waals surface area contributed by atoms with Crippen molar-refractivity contribution in [3.05, 3.63) is 54.1 Å². The highest BCUT2D eigenvalue weighted by molar-refractivity contribution is 5.93. The van der Waals surface area contributed by atoms with Gasteiger partial charge in [0.1, 0.15) is 5.75 Å². The summed E-state index contributed by atoms with van der Waals surface area (Å²) in [4.78, 5) is 23.7. The molecule has 27 heavy (non-hydrogen) atoms. The van der Waals surface area contributed by atoms with E-state index in [-0.39, 0.29) is 18.5 Å². The van der Waals surface area contributed by atoms with Crippen LogP contribution in [0.5, 0.6) is 5.75 Å². The SMILES string of the molecule is CC(C)c1ccc(OCC(=O)Nc2ccc(NC(=O)NC3CC3)cc2)cc1. The van der Waals surface area contributed by atoms with Crippen molar-refractivity contribution in [1.82, 2.24) is 5.32 Å². The highest BCUT2D eigenvalue weighted by Crippen LogP contribution is 2.20. The van der Waals surface area contributed by atoms with Gasteiger partial charge in [-0.15, -0.1) is 0 Å². The van der Waals surface area contributed by atoms with Gasteiger partial charge in [0.15, 0.2) is 6.61 Å². The van der Waals surface area contributed by atoms with Gasteiger partial charge in [0.05, 0.1) is 0 Å². The third-order valence-corrected chi connectivity index (χ3v) is 4.26.